The highest BCUT2D eigenvalue weighted by atomic mass is 16.7. The normalized spacial score (nSPS) is 14.0. The molecule has 3 nitrogen and oxygen atoms in total. The maximum atomic E-state index is 6.17. The number of hydrogen-bond donors (Lipinski definition) is 0. The molecule has 0 bridgehead atoms. The Labute approximate surface area is 124 Å². The van der Waals surface area contributed by atoms with Crippen LogP contribution in [-0.4, -0.2) is 42.4 Å². The zero-order chi connectivity index (χ0) is 15.4. The van der Waals surface area contributed by atoms with E-state index in [0.29, 0.717) is 19.0 Å². The van der Waals surface area contributed by atoms with Crippen LogP contribution in [0.1, 0.15) is 20.3 Å². The van der Waals surface area contributed by atoms with Crippen LogP contribution in [0.4, 0.5) is 0 Å². The van der Waals surface area contributed by atoms with Crippen molar-refractivity contribution in [3.05, 3.63) is 50.6 Å². The third-order valence-corrected chi connectivity index (χ3v) is 3.14. The van der Waals surface area contributed by atoms with Gasteiger partial charge in [-0.3, -0.25) is 9.74 Å². The molecule has 0 spiro atoms. The van der Waals surface area contributed by atoms with Gasteiger partial charge in [-0.15, -0.1) is 26.3 Å². The SMILES string of the molecule is C=CCN(CC=C)OC(C(C)CC)N(CC=C)CC=C. The van der Waals surface area contributed by atoms with E-state index in [1.54, 1.807) is 0 Å². The molecule has 0 rings (SSSR count). The molecule has 0 aromatic heterocycles. The average Bonchev–Trinajstić information content (AvgIpc) is 2.44. The first-order valence-corrected chi connectivity index (χ1v) is 7.23. The number of rotatable bonds is 13. The van der Waals surface area contributed by atoms with Gasteiger partial charge in [-0.2, -0.15) is 5.06 Å². The minimum Gasteiger partial charge on any atom is -0.279 e. The van der Waals surface area contributed by atoms with E-state index in [2.05, 4.69) is 45.1 Å². The predicted octanol–water partition coefficient (Wildman–Crippen LogP) is 3.64. The molecule has 0 aliphatic heterocycles. The van der Waals surface area contributed by atoms with Crippen LogP contribution in [0.2, 0.25) is 0 Å². The van der Waals surface area contributed by atoms with Crippen LogP contribution in [0.25, 0.3) is 0 Å². The van der Waals surface area contributed by atoms with Crippen LogP contribution >= 0.6 is 0 Å². The molecule has 0 aliphatic rings. The van der Waals surface area contributed by atoms with Crippen LogP contribution in [0.5, 0.6) is 0 Å². The van der Waals surface area contributed by atoms with Crippen molar-refractivity contribution < 1.29 is 4.84 Å². The van der Waals surface area contributed by atoms with Gasteiger partial charge in [0.25, 0.3) is 0 Å². The minimum absolute atomic E-state index is 0.00380. The predicted molar refractivity (Wildman–Crippen MR) is 88.3 cm³/mol. The van der Waals surface area contributed by atoms with Crippen molar-refractivity contribution in [2.45, 2.75) is 26.5 Å². The Morgan fingerprint density at radius 3 is 1.70 bits per heavy atom. The van der Waals surface area contributed by atoms with E-state index >= 15 is 0 Å². The highest BCUT2D eigenvalue weighted by Crippen LogP contribution is 2.18. The summed E-state index contributed by atoms with van der Waals surface area (Å²) in [5.41, 5.74) is 0. The van der Waals surface area contributed by atoms with Gasteiger partial charge in [0, 0.05) is 26.2 Å². The highest BCUT2D eigenvalue weighted by Gasteiger charge is 2.25. The summed E-state index contributed by atoms with van der Waals surface area (Å²) in [6, 6.07) is 0. The molecule has 114 valence electrons. The monoisotopic (exact) mass is 278 g/mol. The van der Waals surface area contributed by atoms with Crippen LogP contribution in [-0.2, 0) is 4.84 Å². The topological polar surface area (TPSA) is 15.7 Å². The molecule has 0 saturated heterocycles. The van der Waals surface area contributed by atoms with Gasteiger partial charge >= 0.3 is 0 Å². The second-order valence-corrected chi connectivity index (χ2v) is 4.84. The van der Waals surface area contributed by atoms with E-state index in [4.69, 9.17) is 4.84 Å². The molecule has 0 heterocycles. The van der Waals surface area contributed by atoms with Gasteiger partial charge in [0.05, 0.1) is 0 Å². The standard InChI is InChI=1S/C17H30N2O/c1-7-12-18(13-8-2)17(16(6)11-5)20-19(14-9-3)15-10-4/h7-10,16-17H,1-4,11-15H2,5-6H3. The third kappa shape index (κ3) is 6.85. The molecule has 0 radical (unpaired) electrons. The summed E-state index contributed by atoms with van der Waals surface area (Å²) in [5, 5.41) is 1.88. The Hall–Kier alpha value is -1.16. The van der Waals surface area contributed by atoms with Crippen molar-refractivity contribution in [2.24, 2.45) is 5.92 Å². The first-order valence-electron chi connectivity index (χ1n) is 7.23. The quantitative estimate of drug-likeness (QED) is 0.291. The van der Waals surface area contributed by atoms with Crippen molar-refractivity contribution in [1.82, 2.24) is 9.96 Å². The Kier molecular flexibility index (Phi) is 11.0. The van der Waals surface area contributed by atoms with Crippen LogP contribution in [0, 0.1) is 5.92 Å². The van der Waals surface area contributed by atoms with Gasteiger partial charge in [-0.1, -0.05) is 38.2 Å². The van der Waals surface area contributed by atoms with E-state index in [1.165, 1.54) is 0 Å². The van der Waals surface area contributed by atoms with E-state index in [0.717, 1.165) is 19.5 Å². The minimum atomic E-state index is -0.00380. The number of nitrogens with zero attached hydrogens (tertiary/aromatic N) is 2. The lowest BCUT2D eigenvalue weighted by Crippen LogP contribution is -2.46. The largest absolute Gasteiger partial charge is 0.279 e. The summed E-state index contributed by atoms with van der Waals surface area (Å²) in [6.45, 7) is 22.5. The van der Waals surface area contributed by atoms with E-state index < -0.39 is 0 Å². The summed E-state index contributed by atoms with van der Waals surface area (Å²) in [7, 11) is 0. The fraction of sp³-hybridized carbons (Fsp3) is 0.529. The zero-order valence-corrected chi connectivity index (χ0v) is 13.1. The van der Waals surface area contributed by atoms with Crippen LogP contribution in [0.3, 0.4) is 0 Å². The Morgan fingerprint density at radius 1 is 0.900 bits per heavy atom. The molecule has 0 aliphatic carbocycles. The molecule has 0 amide bonds. The number of hydroxylamine groups is 2. The summed E-state index contributed by atoms with van der Waals surface area (Å²) in [4.78, 5) is 8.40. The molecule has 0 saturated carbocycles. The van der Waals surface area contributed by atoms with E-state index in [9.17, 15) is 0 Å². The van der Waals surface area contributed by atoms with Crippen LogP contribution < -0.4 is 0 Å². The Bertz CT molecular complexity index is 281. The fourth-order valence-corrected chi connectivity index (χ4v) is 1.95. The van der Waals surface area contributed by atoms with Crippen molar-refractivity contribution >= 4 is 0 Å². The second kappa shape index (κ2) is 11.6. The molecule has 0 aromatic carbocycles. The molecule has 0 fully saturated rings. The van der Waals surface area contributed by atoms with E-state index in [-0.39, 0.29) is 6.23 Å². The first-order chi connectivity index (χ1) is 9.64. The lowest BCUT2D eigenvalue weighted by Gasteiger charge is -2.36. The van der Waals surface area contributed by atoms with Gasteiger partial charge in [-0.05, 0) is 12.3 Å². The number of hydrogen-bond acceptors (Lipinski definition) is 3. The summed E-state index contributed by atoms with van der Waals surface area (Å²) < 4.78 is 0. The lowest BCUT2D eigenvalue weighted by molar-refractivity contribution is -0.243. The van der Waals surface area contributed by atoms with Gasteiger partial charge < -0.3 is 0 Å². The zero-order valence-electron chi connectivity index (χ0n) is 13.1. The smallest absolute Gasteiger partial charge is 0.135 e. The maximum Gasteiger partial charge on any atom is 0.135 e. The van der Waals surface area contributed by atoms with Crippen molar-refractivity contribution in [3.8, 4) is 0 Å². The summed E-state index contributed by atoms with van der Waals surface area (Å²) in [5.74, 6) is 0.409. The lowest BCUT2D eigenvalue weighted by atomic mass is 10.1. The first kappa shape index (κ1) is 18.8. The Balaban J connectivity index is 4.97. The molecule has 0 aromatic rings. The molecule has 3 heteroatoms. The highest BCUT2D eigenvalue weighted by molar-refractivity contribution is 4.84. The summed E-state index contributed by atoms with van der Waals surface area (Å²) >= 11 is 0. The second-order valence-electron chi connectivity index (χ2n) is 4.84. The van der Waals surface area contributed by atoms with Gasteiger partial charge in [-0.25, -0.2) is 0 Å². The van der Waals surface area contributed by atoms with Crippen LogP contribution in [0.15, 0.2) is 50.6 Å². The fourth-order valence-electron chi connectivity index (χ4n) is 1.95. The summed E-state index contributed by atoms with van der Waals surface area (Å²) in [6.07, 6.45) is 8.51. The van der Waals surface area contributed by atoms with Crippen molar-refractivity contribution in [2.75, 3.05) is 26.2 Å². The van der Waals surface area contributed by atoms with Gasteiger partial charge in [0.15, 0.2) is 0 Å². The van der Waals surface area contributed by atoms with Gasteiger partial charge in [0.1, 0.15) is 6.23 Å². The maximum absolute atomic E-state index is 6.17. The molecule has 0 N–H and O–H groups in total. The molecule has 2 atom stereocenters. The van der Waals surface area contributed by atoms with Crippen molar-refractivity contribution in [1.29, 1.82) is 0 Å². The van der Waals surface area contributed by atoms with Crippen molar-refractivity contribution in [3.63, 3.8) is 0 Å². The third-order valence-electron chi connectivity index (χ3n) is 3.14. The molecule has 20 heavy (non-hydrogen) atoms. The average molecular weight is 278 g/mol. The molecular weight excluding hydrogens is 248 g/mol. The Morgan fingerprint density at radius 2 is 1.35 bits per heavy atom. The molecular formula is C17H30N2O. The van der Waals surface area contributed by atoms with E-state index in [1.807, 2.05) is 29.4 Å². The molecule has 2 unspecified atom stereocenters. The van der Waals surface area contributed by atoms with Gasteiger partial charge in [0.2, 0.25) is 0 Å².